The van der Waals surface area contributed by atoms with E-state index in [1.54, 1.807) is 29.2 Å². The molecule has 3 heterocycles. The summed E-state index contributed by atoms with van der Waals surface area (Å²) in [5.74, 6) is 0.869. The zero-order valence-corrected chi connectivity index (χ0v) is 20.0. The molecule has 0 saturated heterocycles. The molecule has 3 aromatic heterocycles. The quantitative estimate of drug-likeness (QED) is 0.313. The molecule has 0 aliphatic heterocycles. The SMILES string of the molecule is Cc1cc(C)cc(-c2cc(NC(=O)CSc3nnc(-c4ccncc4)o3)n(-c3ccccc3)n2)c1. The highest BCUT2D eigenvalue weighted by Gasteiger charge is 2.16. The van der Waals surface area contributed by atoms with Crippen molar-refractivity contribution >= 4 is 23.5 Å². The number of aromatic nitrogens is 5. The van der Waals surface area contributed by atoms with Gasteiger partial charge in [0.25, 0.3) is 5.22 Å². The summed E-state index contributed by atoms with van der Waals surface area (Å²) >= 11 is 1.17. The lowest BCUT2D eigenvalue weighted by atomic mass is 10.1. The molecule has 0 bridgehead atoms. The van der Waals surface area contributed by atoms with Crippen molar-refractivity contribution in [2.24, 2.45) is 0 Å². The number of para-hydroxylation sites is 1. The number of pyridine rings is 1. The predicted molar refractivity (Wildman–Crippen MR) is 135 cm³/mol. The van der Waals surface area contributed by atoms with Crippen molar-refractivity contribution in [3.63, 3.8) is 0 Å². The first-order chi connectivity index (χ1) is 17.0. The zero-order valence-electron chi connectivity index (χ0n) is 19.2. The van der Waals surface area contributed by atoms with Crippen LogP contribution in [0.5, 0.6) is 0 Å². The molecular weight excluding hydrogens is 460 g/mol. The number of thioether (sulfide) groups is 1. The summed E-state index contributed by atoms with van der Waals surface area (Å²) in [5, 5.41) is 16.2. The number of aryl methyl sites for hydroxylation is 2. The second kappa shape index (κ2) is 9.94. The van der Waals surface area contributed by atoms with E-state index in [0.29, 0.717) is 16.9 Å². The molecule has 0 atom stereocenters. The van der Waals surface area contributed by atoms with Gasteiger partial charge in [-0.15, -0.1) is 10.2 Å². The van der Waals surface area contributed by atoms with E-state index >= 15 is 0 Å². The molecule has 5 aromatic rings. The van der Waals surface area contributed by atoms with Crippen LogP contribution in [0, 0.1) is 13.8 Å². The molecule has 0 spiro atoms. The van der Waals surface area contributed by atoms with Gasteiger partial charge in [0.15, 0.2) is 0 Å². The Bertz CT molecular complexity index is 1440. The maximum Gasteiger partial charge on any atom is 0.277 e. The van der Waals surface area contributed by atoms with Crippen molar-refractivity contribution in [3.8, 4) is 28.4 Å². The summed E-state index contributed by atoms with van der Waals surface area (Å²) in [4.78, 5) is 16.8. The molecule has 2 aromatic carbocycles. The maximum absolute atomic E-state index is 12.8. The maximum atomic E-state index is 12.8. The molecule has 0 radical (unpaired) electrons. The van der Waals surface area contributed by atoms with Gasteiger partial charge >= 0.3 is 0 Å². The van der Waals surface area contributed by atoms with Crippen molar-refractivity contribution in [3.05, 3.63) is 90.3 Å². The van der Waals surface area contributed by atoms with E-state index in [2.05, 4.69) is 52.5 Å². The first-order valence-corrected chi connectivity index (χ1v) is 11.9. The van der Waals surface area contributed by atoms with E-state index in [1.165, 1.54) is 11.8 Å². The van der Waals surface area contributed by atoms with Gasteiger partial charge in [0.2, 0.25) is 11.8 Å². The Hall–Kier alpha value is -4.24. The molecule has 1 amide bonds. The van der Waals surface area contributed by atoms with Crippen LogP contribution in [0.3, 0.4) is 0 Å². The summed E-state index contributed by atoms with van der Waals surface area (Å²) in [7, 11) is 0. The Morgan fingerprint density at radius 3 is 2.43 bits per heavy atom. The highest BCUT2D eigenvalue weighted by molar-refractivity contribution is 7.99. The minimum atomic E-state index is -0.206. The van der Waals surface area contributed by atoms with Gasteiger partial charge in [0.05, 0.1) is 17.1 Å². The first-order valence-electron chi connectivity index (χ1n) is 11.0. The summed E-state index contributed by atoms with van der Waals surface area (Å²) in [5.41, 5.74) is 5.71. The fourth-order valence-corrected chi connectivity index (χ4v) is 4.25. The number of amides is 1. The van der Waals surface area contributed by atoms with E-state index < -0.39 is 0 Å². The number of hydrogen-bond acceptors (Lipinski definition) is 7. The van der Waals surface area contributed by atoms with Gasteiger partial charge in [-0.1, -0.05) is 47.2 Å². The van der Waals surface area contributed by atoms with Crippen LogP contribution in [0.2, 0.25) is 0 Å². The van der Waals surface area contributed by atoms with E-state index in [4.69, 9.17) is 9.52 Å². The Morgan fingerprint density at radius 2 is 1.69 bits per heavy atom. The number of rotatable bonds is 7. The summed E-state index contributed by atoms with van der Waals surface area (Å²) in [6.07, 6.45) is 3.31. The third kappa shape index (κ3) is 5.30. The number of anilines is 1. The molecule has 0 unspecified atom stereocenters. The fourth-order valence-electron chi connectivity index (χ4n) is 3.69. The molecule has 8 nitrogen and oxygen atoms in total. The van der Waals surface area contributed by atoms with Crippen LogP contribution in [0.1, 0.15) is 11.1 Å². The number of nitrogens with one attached hydrogen (secondary N) is 1. The Labute approximate surface area is 206 Å². The van der Waals surface area contributed by atoms with Crippen molar-refractivity contribution in [1.82, 2.24) is 25.0 Å². The number of benzene rings is 2. The van der Waals surface area contributed by atoms with Crippen molar-refractivity contribution < 1.29 is 9.21 Å². The molecule has 5 rings (SSSR count). The van der Waals surface area contributed by atoms with Crippen LogP contribution in [0.15, 0.2) is 88.8 Å². The number of carbonyl (C=O) groups is 1. The lowest BCUT2D eigenvalue weighted by Crippen LogP contribution is -2.16. The molecule has 9 heteroatoms. The van der Waals surface area contributed by atoms with Crippen molar-refractivity contribution in [2.75, 3.05) is 11.1 Å². The van der Waals surface area contributed by atoms with Gasteiger partial charge in [-0.3, -0.25) is 9.78 Å². The molecular formula is C26H22N6O2S. The monoisotopic (exact) mass is 482 g/mol. The molecule has 1 N–H and O–H groups in total. The Morgan fingerprint density at radius 1 is 0.943 bits per heavy atom. The fraction of sp³-hybridized carbons (Fsp3) is 0.115. The van der Waals surface area contributed by atoms with E-state index in [1.807, 2.05) is 36.4 Å². The lowest BCUT2D eigenvalue weighted by molar-refractivity contribution is -0.113. The van der Waals surface area contributed by atoms with Crippen LogP contribution in [0.4, 0.5) is 5.82 Å². The van der Waals surface area contributed by atoms with E-state index in [-0.39, 0.29) is 11.7 Å². The third-order valence-electron chi connectivity index (χ3n) is 5.16. The predicted octanol–water partition coefficient (Wildman–Crippen LogP) is 5.33. The average Bonchev–Trinajstić information content (AvgIpc) is 3.51. The van der Waals surface area contributed by atoms with Gasteiger partial charge in [-0.05, 0) is 50.2 Å². The molecule has 174 valence electrons. The highest BCUT2D eigenvalue weighted by atomic mass is 32.2. The second-order valence-corrected chi connectivity index (χ2v) is 8.91. The van der Waals surface area contributed by atoms with Crippen LogP contribution in [-0.2, 0) is 4.79 Å². The van der Waals surface area contributed by atoms with Gasteiger partial charge in [0, 0.05) is 29.6 Å². The minimum absolute atomic E-state index is 0.108. The molecule has 0 aliphatic carbocycles. The topological polar surface area (TPSA) is 98.7 Å². The molecule has 0 saturated carbocycles. The third-order valence-corrected chi connectivity index (χ3v) is 5.97. The Kier molecular flexibility index (Phi) is 6.40. The second-order valence-electron chi connectivity index (χ2n) is 7.98. The van der Waals surface area contributed by atoms with E-state index in [9.17, 15) is 4.79 Å². The summed E-state index contributed by atoms with van der Waals surface area (Å²) in [6, 6.07) is 21.5. The van der Waals surface area contributed by atoms with Gasteiger partial charge in [0.1, 0.15) is 5.82 Å². The van der Waals surface area contributed by atoms with Crippen LogP contribution < -0.4 is 5.32 Å². The minimum Gasteiger partial charge on any atom is -0.411 e. The van der Waals surface area contributed by atoms with Crippen LogP contribution in [-0.4, -0.2) is 36.6 Å². The van der Waals surface area contributed by atoms with Gasteiger partial charge in [-0.25, -0.2) is 4.68 Å². The normalized spacial score (nSPS) is 10.9. The lowest BCUT2D eigenvalue weighted by Gasteiger charge is -2.08. The zero-order chi connectivity index (χ0) is 24.2. The van der Waals surface area contributed by atoms with Gasteiger partial charge in [-0.2, -0.15) is 5.10 Å². The summed E-state index contributed by atoms with van der Waals surface area (Å²) in [6.45, 7) is 4.12. The van der Waals surface area contributed by atoms with Gasteiger partial charge < -0.3 is 9.73 Å². The standard InChI is InChI=1S/C26H22N6O2S/c1-17-12-18(2)14-20(13-17)22-15-23(32(31-22)21-6-4-3-5-7-21)28-24(33)16-35-26-30-29-25(34-26)19-8-10-27-11-9-19/h3-15H,16H2,1-2H3,(H,28,33). The number of hydrogen-bond donors (Lipinski definition) is 1. The molecule has 0 fully saturated rings. The smallest absolute Gasteiger partial charge is 0.277 e. The number of nitrogens with zero attached hydrogens (tertiary/aromatic N) is 5. The molecule has 35 heavy (non-hydrogen) atoms. The first kappa shape index (κ1) is 22.5. The number of carbonyl (C=O) groups excluding carboxylic acids is 1. The highest BCUT2D eigenvalue weighted by Crippen LogP contribution is 2.27. The van der Waals surface area contributed by atoms with Crippen LogP contribution >= 0.6 is 11.8 Å². The largest absolute Gasteiger partial charge is 0.411 e. The van der Waals surface area contributed by atoms with E-state index in [0.717, 1.165) is 33.6 Å². The summed E-state index contributed by atoms with van der Waals surface area (Å²) < 4.78 is 7.40. The Balaban J connectivity index is 1.34. The average molecular weight is 483 g/mol. The van der Waals surface area contributed by atoms with Crippen molar-refractivity contribution in [1.29, 1.82) is 0 Å². The molecule has 0 aliphatic rings. The van der Waals surface area contributed by atoms with Crippen LogP contribution in [0.25, 0.3) is 28.4 Å². The van der Waals surface area contributed by atoms with Crippen molar-refractivity contribution in [2.45, 2.75) is 19.1 Å².